The number of hydrazone groups is 1. The Morgan fingerprint density at radius 1 is 1.14 bits per heavy atom. The number of nitrogens with zero attached hydrogens (tertiary/aromatic N) is 1. The van der Waals surface area contributed by atoms with E-state index in [1.54, 1.807) is 13.3 Å². The van der Waals surface area contributed by atoms with Crippen LogP contribution in [0.2, 0.25) is 0 Å². The van der Waals surface area contributed by atoms with Gasteiger partial charge in [0.1, 0.15) is 5.75 Å². The van der Waals surface area contributed by atoms with Gasteiger partial charge in [0.15, 0.2) is 0 Å². The summed E-state index contributed by atoms with van der Waals surface area (Å²) in [6.45, 7) is 1.93. The smallest absolute Gasteiger partial charge is 0.339 e. The molecule has 2 N–H and O–H groups in total. The highest BCUT2D eigenvalue weighted by Crippen LogP contribution is 2.12. The number of carbonyl (C=O) groups is 1. The lowest BCUT2D eigenvalue weighted by Crippen LogP contribution is -2.24. The van der Waals surface area contributed by atoms with E-state index in [1.165, 1.54) is 0 Å². The molecule has 0 aliphatic heterocycles. The lowest BCUT2D eigenvalue weighted by atomic mass is 10.2. The second kappa shape index (κ2) is 7.09. The number of nitrogens with one attached hydrogen (secondary N) is 2. The summed E-state index contributed by atoms with van der Waals surface area (Å²) in [7, 11) is 1.61. The van der Waals surface area contributed by atoms with Gasteiger partial charge >= 0.3 is 6.03 Å². The van der Waals surface area contributed by atoms with Crippen molar-refractivity contribution in [1.82, 2.24) is 5.43 Å². The minimum Gasteiger partial charge on any atom is -0.497 e. The predicted octanol–water partition coefficient (Wildman–Crippen LogP) is 3.16. The fourth-order valence-electron chi connectivity index (χ4n) is 1.72. The van der Waals surface area contributed by atoms with Gasteiger partial charge in [-0.25, -0.2) is 10.2 Å². The van der Waals surface area contributed by atoms with Crippen LogP contribution >= 0.6 is 0 Å². The topological polar surface area (TPSA) is 62.7 Å². The van der Waals surface area contributed by atoms with Crippen LogP contribution in [-0.2, 0) is 0 Å². The Bertz CT molecular complexity index is 636. The van der Waals surface area contributed by atoms with Crippen molar-refractivity contribution >= 4 is 17.9 Å². The van der Waals surface area contributed by atoms with Crippen LogP contribution in [0.25, 0.3) is 0 Å². The second-order valence-corrected chi connectivity index (χ2v) is 4.41. The van der Waals surface area contributed by atoms with E-state index in [2.05, 4.69) is 15.8 Å². The summed E-state index contributed by atoms with van der Waals surface area (Å²) in [5.41, 5.74) is 5.04. The highest BCUT2D eigenvalue weighted by atomic mass is 16.5. The van der Waals surface area contributed by atoms with Crippen LogP contribution in [0.15, 0.2) is 53.6 Å². The molecule has 0 aliphatic carbocycles. The van der Waals surface area contributed by atoms with Gasteiger partial charge in [-0.2, -0.15) is 5.10 Å². The average molecular weight is 283 g/mol. The third-order valence-corrected chi connectivity index (χ3v) is 2.89. The zero-order chi connectivity index (χ0) is 15.1. The van der Waals surface area contributed by atoms with E-state index in [1.807, 2.05) is 55.5 Å². The van der Waals surface area contributed by atoms with Crippen LogP contribution in [0.5, 0.6) is 5.75 Å². The van der Waals surface area contributed by atoms with Gasteiger partial charge < -0.3 is 10.1 Å². The monoisotopic (exact) mass is 283 g/mol. The molecule has 0 atom stereocenters. The maximum absolute atomic E-state index is 11.7. The van der Waals surface area contributed by atoms with Crippen molar-refractivity contribution < 1.29 is 9.53 Å². The van der Waals surface area contributed by atoms with Gasteiger partial charge in [-0.15, -0.1) is 0 Å². The molecule has 21 heavy (non-hydrogen) atoms. The van der Waals surface area contributed by atoms with Gasteiger partial charge in [0.05, 0.1) is 13.3 Å². The number of urea groups is 1. The Labute approximate surface area is 123 Å². The highest BCUT2D eigenvalue weighted by molar-refractivity contribution is 5.91. The summed E-state index contributed by atoms with van der Waals surface area (Å²) in [5.74, 6) is 0.775. The quantitative estimate of drug-likeness (QED) is 0.668. The fraction of sp³-hybridized carbons (Fsp3) is 0.125. The van der Waals surface area contributed by atoms with Crippen molar-refractivity contribution in [3.8, 4) is 5.75 Å². The number of hydrogen-bond acceptors (Lipinski definition) is 3. The molecule has 2 aromatic carbocycles. The molecule has 0 saturated heterocycles. The zero-order valence-corrected chi connectivity index (χ0v) is 12.0. The molecule has 0 bridgehead atoms. The fourth-order valence-corrected chi connectivity index (χ4v) is 1.72. The minimum atomic E-state index is -0.380. The standard InChI is InChI=1S/C16H17N3O2/c1-12-5-3-4-6-15(12)18-16(20)19-17-11-13-7-9-14(21-2)10-8-13/h3-11H,1-2H3,(H2,18,19,20)/b17-11-. The molecule has 2 aromatic rings. The molecule has 0 fully saturated rings. The van der Waals surface area contributed by atoms with E-state index in [4.69, 9.17) is 4.74 Å². The molecule has 0 saturated carbocycles. The minimum absolute atomic E-state index is 0.380. The number of benzene rings is 2. The number of rotatable bonds is 4. The van der Waals surface area contributed by atoms with E-state index in [0.29, 0.717) is 0 Å². The Morgan fingerprint density at radius 2 is 1.86 bits per heavy atom. The SMILES string of the molecule is COc1ccc(/C=N\NC(=O)Nc2ccccc2C)cc1. The highest BCUT2D eigenvalue weighted by Gasteiger charge is 2.01. The van der Waals surface area contributed by atoms with E-state index in [9.17, 15) is 4.79 Å². The Kier molecular flexibility index (Phi) is 4.93. The maximum Gasteiger partial charge on any atom is 0.339 e. The van der Waals surface area contributed by atoms with Crippen LogP contribution in [0, 0.1) is 6.92 Å². The van der Waals surface area contributed by atoms with Crippen molar-refractivity contribution in [2.24, 2.45) is 5.10 Å². The molecule has 5 nitrogen and oxygen atoms in total. The number of hydrogen-bond donors (Lipinski definition) is 2. The molecule has 2 rings (SSSR count). The summed E-state index contributed by atoms with van der Waals surface area (Å²) in [6, 6.07) is 14.5. The van der Waals surface area contributed by atoms with Crippen LogP contribution in [0.3, 0.4) is 0 Å². The number of aryl methyl sites for hydroxylation is 1. The second-order valence-electron chi connectivity index (χ2n) is 4.41. The molecular formula is C16H17N3O2. The van der Waals surface area contributed by atoms with E-state index >= 15 is 0 Å². The third-order valence-electron chi connectivity index (χ3n) is 2.89. The summed E-state index contributed by atoms with van der Waals surface area (Å²) in [5, 5.41) is 6.63. The van der Waals surface area contributed by atoms with Gasteiger partial charge in [0, 0.05) is 5.69 Å². The van der Waals surface area contributed by atoms with Gasteiger partial charge in [0.2, 0.25) is 0 Å². The van der Waals surface area contributed by atoms with Crippen LogP contribution in [-0.4, -0.2) is 19.4 Å². The number of ether oxygens (including phenoxy) is 1. The van der Waals surface area contributed by atoms with E-state index < -0.39 is 0 Å². The first-order valence-electron chi connectivity index (χ1n) is 6.49. The molecule has 2 amide bonds. The first-order chi connectivity index (χ1) is 10.2. The normalized spacial score (nSPS) is 10.4. The third kappa shape index (κ3) is 4.35. The largest absolute Gasteiger partial charge is 0.497 e. The van der Waals surface area contributed by atoms with Crippen molar-refractivity contribution in [3.63, 3.8) is 0 Å². The van der Waals surface area contributed by atoms with Crippen LogP contribution < -0.4 is 15.5 Å². The predicted molar refractivity (Wildman–Crippen MR) is 83.9 cm³/mol. The Hall–Kier alpha value is -2.82. The lowest BCUT2D eigenvalue weighted by Gasteiger charge is -2.06. The van der Waals surface area contributed by atoms with Gasteiger partial charge in [-0.05, 0) is 48.4 Å². The first-order valence-corrected chi connectivity index (χ1v) is 6.49. The molecule has 108 valence electrons. The molecule has 0 radical (unpaired) electrons. The number of para-hydroxylation sites is 1. The number of methoxy groups -OCH3 is 1. The molecule has 0 spiro atoms. The lowest BCUT2D eigenvalue weighted by molar-refractivity contribution is 0.252. The Balaban J connectivity index is 1.88. The van der Waals surface area contributed by atoms with Crippen LogP contribution in [0.1, 0.15) is 11.1 Å². The Morgan fingerprint density at radius 3 is 2.52 bits per heavy atom. The molecular weight excluding hydrogens is 266 g/mol. The molecule has 0 aromatic heterocycles. The summed E-state index contributed by atoms with van der Waals surface area (Å²) in [6.07, 6.45) is 1.57. The van der Waals surface area contributed by atoms with Crippen molar-refractivity contribution in [2.75, 3.05) is 12.4 Å². The number of carbonyl (C=O) groups excluding carboxylic acids is 1. The van der Waals surface area contributed by atoms with Crippen molar-refractivity contribution in [3.05, 3.63) is 59.7 Å². The maximum atomic E-state index is 11.7. The van der Waals surface area contributed by atoms with Gasteiger partial charge in [0.25, 0.3) is 0 Å². The van der Waals surface area contributed by atoms with Crippen LogP contribution in [0.4, 0.5) is 10.5 Å². The zero-order valence-electron chi connectivity index (χ0n) is 12.0. The van der Waals surface area contributed by atoms with Gasteiger partial charge in [-0.3, -0.25) is 0 Å². The number of anilines is 1. The summed E-state index contributed by atoms with van der Waals surface area (Å²) < 4.78 is 5.07. The summed E-state index contributed by atoms with van der Waals surface area (Å²) >= 11 is 0. The molecule has 5 heteroatoms. The average Bonchev–Trinajstić information content (AvgIpc) is 2.50. The molecule has 0 heterocycles. The molecule has 0 unspecified atom stereocenters. The molecule has 0 aliphatic rings. The van der Waals surface area contributed by atoms with Crippen molar-refractivity contribution in [2.45, 2.75) is 6.92 Å². The first kappa shape index (κ1) is 14.6. The van der Waals surface area contributed by atoms with Crippen molar-refractivity contribution in [1.29, 1.82) is 0 Å². The van der Waals surface area contributed by atoms with E-state index in [0.717, 1.165) is 22.6 Å². The number of amides is 2. The van der Waals surface area contributed by atoms with Gasteiger partial charge in [-0.1, -0.05) is 18.2 Å². The van der Waals surface area contributed by atoms with E-state index in [-0.39, 0.29) is 6.03 Å². The summed E-state index contributed by atoms with van der Waals surface area (Å²) in [4.78, 5) is 11.7.